The summed E-state index contributed by atoms with van der Waals surface area (Å²) in [5.74, 6) is 1.02. The van der Waals surface area contributed by atoms with Gasteiger partial charge in [0.05, 0.1) is 22.5 Å². The topological polar surface area (TPSA) is 63.4 Å². The first-order valence-corrected chi connectivity index (χ1v) is 14.8. The molecule has 180 valence electrons. The van der Waals surface area contributed by atoms with Crippen LogP contribution in [0.3, 0.4) is 0 Å². The van der Waals surface area contributed by atoms with Crippen LogP contribution in [0, 0.1) is 6.92 Å². The largest absolute Gasteiger partial charge is 0.278 e. The quantitative estimate of drug-likeness (QED) is 0.224. The molecule has 0 radical (unpaired) electrons. The van der Waals surface area contributed by atoms with Crippen LogP contribution in [0.4, 0.5) is 11.4 Å². The molecule has 2 aliphatic rings. The maximum absolute atomic E-state index is 13.7. The second kappa shape index (κ2) is 8.76. The number of carbonyl (C=O) groups excluding carboxylic acids is 1. The van der Waals surface area contributed by atoms with E-state index in [-0.39, 0.29) is 11.7 Å². The van der Waals surface area contributed by atoms with Crippen LogP contribution in [0.25, 0.3) is 15.9 Å². The highest BCUT2D eigenvalue weighted by Crippen LogP contribution is 2.49. The van der Waals surface area contributed by atoms with Gasteiger partial charge in [-0.25, -0.2) is 4.98 Å². The van der Waals surface area contributed by atoms with Crippen LogP contribution >= 0.6 is 46.5 Å². The van der Waals surface area contributed by atoms with E-state index in [1.807, 2.05) is 53.8 Å². The number of fused-ring (bicyclic) bond motifs is 7. The molecule has 1 aliphatic heterocycles. The molecule has 7 rings (SSSR count). The maximum Gasteiger partial charge on any atom is 0.242 e. The zero-order valence-electron chi connectivity index (χ0n) is 19.3. The van der Waals surface area contributed by atoms with Crippen molar-refractivity contribution < 1.29 is 4.79 Å². The Morgan fingerprint density at radius 1 is 1.08 bits per heavy atom. The Bertz CT molecular complexity index is 1690. The number of para-hydroxylation sites is 1. The Hall–Kier alpha value is -2.59. The van der Waals surface area contributed by atoms with E-state index in [1.54, 1.807) is 28.0 Å². The molecule has 3 aromatic heterocycles. The lowest BCUT2D eigenvalue weighted by atomic mass is 9.97. The second-order valence-electron chi connectivity index (χ2n) is 8.89. The molecule has 0 atom stereocenters. The first-order chi connectivity index (χ1) is 17.6. The third kappa shape index (κ3) is 3.55. The van der Waals surface area contributed by atoms with Gasteiger partial charge in [-0.15, -0.1) is 21.5 Å². The molecule has 0 saturated carbocycles. The zero-order valence-corrected chi connectivity index (χ0v) is 22.5. The number of aryl methyl sites for hydroxylation is 3. The normalized spacial score (nSPS) is 14.7. The molecular weight excluding hydrogens is 530 g/mol. The second-order valence-corrected chi connectivity index (χ2v) is 12.4. The summed E-state index contributed by atoms with van der Waals surface area (Å²) < 4.78 is 2.01. The highest BCUT2D eigenvalue weighted by molar-refractivity contribution is 8.00. The van der Waals surface area contributed by atoms with Crippen molar-refractivity contribution >= 4 is 79.6 Å². The van der Waals surface area contributed by atoms with Crippen molar-refractivity contribution in [1.29, 1.82) is 0 Å². The summed E-state index contributed by atoms with van der Waals surface area (Å²) in [6.45, 7) is 1.98. The van der Waals surface area contributed by atoms with Gasteiger partial charge in [0, 0.05) is 19.7 Å². The lowest BCUT2D eigenvalue weighted by Gasteiger charge is -2.31. The first kappa shape index (κ1) is 22.6. The van der Waals surface area contributed by atoms with Gasteiger partial charge in [0.15, 0.2) is 10.8 Å². The van der Waals surface area contributed by atoms with Crippen LogP contribution in [-0.4, -0.2) is 31.2 Å². The van der Waals surface area contributed by atoms with Crippen molar-refractivity contribution in [2.75, 3.05) is 10.7 Å². The molecule has 2 aromatic carbocycles. The molecule has 4 heterocycles. The Morgan fingerprint density at radius 2 is 1.92 bits per heavy atom. The van der Waals surface area contributed by atoms with E-state index in [0.717, 1.165) is 55.7 Å². The summed E-state index contributed by atoms with van der Waals surface area (Å²) in [6.07, 6.45) is 4.62. The number of benzene rings is 2. The van der Waals surface area contributed by atoms with E-state index in [0.29, 0.717) is 10.2 Å². The molecule has 1 amide bonds. The minimum absolute atomic E-state index is 0.0346. The number of amides is 1. The van der Waals surface area contributed by atoms with Crippen LogP contribution in [0.15, 0.2) is 57.4 Å². The van der Waals surface area contributed by atoms with E-state index in [9.17, 15) is 4.79 Å². The minimum atomic E-state index is -0.0346. The monoisotopic (exact) mass is 549 g/mol. The van der Waals surface area contributed by atoms with Gasteiger partial charge in [-0.3, -0.25) is 14.1 Å². The molecule has 0 spiro atoms. The molecule has 0 bridgehead atoms. The average Bonchev–Trinajstić information content (AvgIpc) is 3.47. The predicted octanol–water partition coefficient (Wildman–Crippen LogP) is 7.10. The van der Waals surface area contributed by atoms with Crippen molar-refractivity contribution in [2.45, 2.75) is 47.6 Å². The van der Waals surface area contributed by atoms with Gasteiger partial charge in [0.1, 0.15) is 10.7 Å². The molecule has 5 aromatic rings. The van der Waals surface area contributed by atoms with E-state index < -0.39 is 0 Å². The molecular formula is C26H20ClN5OS3. The molecule has 0 N–H and O–H groups in total. The van der Waals surface area contributed by atoms with Crippen LogP contribution in [-0.2, 0) is 17.6 Å². The Kier molecular flexibility index (Phi) is 5.50. The van der Waals surface area contributed by atoms with Gasteiger partial charge in [0.25, 0.3) is 0 Å². The van der Waals surface area contributed by atoms with E-state index in [2.05, 4.69) is 10.2 Å². The van der Waals surface area contributed by atoms with Crippen LogP contribution in [0.5, 0.6) is 0 Å². The number of anilines is 2. The van der Waals surface area contributed by atoms with Gasteiger partial charge < -0.3 is 0 Å². The van der Waals surface area contributed by atoms with E-state index in [4.69, 9.17) is 16.6 Å². The third-order valence-electron chi connectivity index (χ3n) is 6.66. The number of thioether (sulfide) groups is 1. The first-order valence-electron chi connectivity index (χ1n) is 11.8. The van der Waals surface area contributed by atoms with Gasteiger partial charge >= 0.3 is 0 Å². The van der Waals surface area contributed by atoms with Crippen molar-refractivity contribution in [3.63, 3.8) is 0 Å². The van der Waals surface area contributed by atoms with Crippen molar-refractivity contribution in [2.24, 2.45) is 0 Å². The van der Waals surface area contributed by atoms with E-state index >= 15 is 0 Å². The average molecular weight is 550 g/mol. The summed E-state index contributed by atoms with van der Waals surface area (Å²) >= 11 is 11.2. The molecule has 0 saturated heterocycles. The number of carbonyl (C=O) groups is 1. The number of nitrogens with zero attached hydrogens (tertiary/aromatic N) is 5. The lowest BCUT2D eigenvalue weighted by molar-refractivity contribution is -0.115. The van der Waals surface area contributed by atoms with Gasteiger partial charge in [-0.05, 0) is 68.5 Å². The summed E-state index contributed by atoms with van der Waals surface area (Å²) in [4.78, 5) is 24.9. The van der Waals surface area contributed by atoms with Gasteiger partial charge in [0.2, 0.25) is 5.91 Å². The molecule has 0 fully saturated rings. The number of hydrogen-bond donors (Lipinski definition) is 0. The van der Waals surface area contributed by atoms with Crippen molar-refractivity contribution in [3.05, 3.63) is 63.8 Å². The number of halogens is 1. The number of aromatic nitrogens is 4. The smallest absolute Gasteiger partial charge is 0.242 e. The van der Waals surface area contributed by atoms with Gasteiger partial charge in [-0.2, -0.15) is 0 Å². The fourth-order valence-corrected chi connectivity index (χ4v) is 8.40. The number of thiophene rings is 1. The minimum Gasteiger partial charge on any atom is -0.278 e. The molecule has 10 heteroatoms. The number of rotatable bonds is 3. The summed E-state index contributed by atoms with van der Waals surface area (Å²) in [7, 11) is 0. The Morgan fingerprint density at radius 3 is 2.83 bits per heavy atom. The standard InChI is InChI=1S/C26H20ClN5OS3/c1-14-28-25-23(16-6-2-4-8-19(16)36-25)24-29-30-26(31(14)24)34-13-22(33)32-17-7-3-5-9-20(17)35-21-11-10-15(27)12-18(21)32/h3,5,7,9-12H,2,4,6,8,13H2,1H3. The van der Waals surface area contributed by atoms with Gasteiger partial charge in [-0.1, -0.05) is 47.3 Å². The number of hydrogen-bond acceptors (Lipinski definition) is 7. The molecule has 36 heavy (non-hydrogen) atoms. The summed E-state index contributed by atoms with van der Waals surface area (Å²) in [6, 6.07) is 13.7. The SMILES string of the molecule is Cc1nc2sc3c(c2c2nnc(SCC(=O)N4c5ccccc5Sc5ccc(Cl)cc54)n12)CCCC3. The lowest BCUT2D eigenvalue weighted by Crippen LogP contribution is -2.30. The third-order valence-corrected chi connectivity index (χ3v) is 10.1. The van der Waals surface area contributed by atoms with Crippen molar-refractivity contribution in [3.8, 4) is 0 Å². The fourth-order valence-electron chi connectivity index (χ4n) is 5.06. The summed E-state index contributed by atoms with van der Waals surface area (Å²) in [5, 5.41) is 11.5. The highest BCUT2D eigenvalue weighted by Gasteiger charge is 2.29. The highest BCUT2D eigenvalue weighted by atomic mass is 35.5. The summed E-state index contributed by atoms with van der Waals surface area (Å²) in [5.41, 5.74) is 3.92. The van der Waals surface area contributed by atoms with E-state index in [1.165, 1.54) is 35.0 Å². The Labute approximate surface area is 225 Å². The van der Waals surface area contributed by atoms with Crippen molar-refractivity contribution in [1.82, 2.24) is 19.6 Å². The van der Waals surface area contributed by atoms with Crippen LogP contribution in [0.1, 0.15) is 29.1 Å². The molecule has 6 nitrogen and oxygen atoms in total. The van der Waals surface area contributed by atoms with Crippen LogP contribution < -0.4 is 4.90 Å². The van der Waals surface area contributed by atoms with Crippen LogP contribution in [0.2, 0.25) is 5.02 Å². The predicted molar refractivity (Wildman–Crippen MR) is 147 cm³/mol. The Balaban J connectivity index is 1.25. The zero-order chi connectivity index (χ0) is 24.4. The maximum atomic E-state index is 13.7. The molecule has 0 unspecified atom stereocenters. The molecule has 1 aliphatic carbocycles. The fraction of sp³-hybridized carbons (Fsp3) is 0.231.